The molecule has 1 saturated heterocycles. The van der Waals surface area contributed by atoms with E-state index in [1.807, 2.05) is 0 Å². The molecular formula is C27H25N3O3S. The summed E-state index contributed by atoms with van der Waals surface area (Å²) in [5, 5.41) is 1.14. The Bertz CT molecular complexity index is 1370. The smallest absolute Gasteiger partial charge is 0.301 e. The first kappa shape index (κ1) is 21.1. The number of amides is 4. The highest BCUT2D eigenvalue weighted by Gasteiger charge is 2.41. The van der Waals surface area contributed by atoms with Crippen LogP contribution >= 0.6 is 11.3 Å². The molecule has 0 radical (unpaired) electrons. The van der Waals surface area contributed by atoms with Crippen LogP contribution in [0.3, 0.4) is 0 Å². The van der Waals surface area contributed by atoms with E-state index in [4.69, 9.17) is 0 Å². The van der Waals surface area contributed by atoms with Gasteiger partial charge in [-0.3, -0.25) is 19.4 Å². The van der Waals surface area contributed by atoms with Gasteiger partial charge in [-0.15, -0.1) is 11.3 Å². The number of para-hydroxylation sites is 1. The van der Waals surface area contributed by atoms with Crippen molar-refractivity contribution in [2.75, 3.05) is 19.0 Å². The van der Waals surface area contributed by atoms with E-state index in [0.717, 1.165) is 32.5 Å². The molecule has 0 spiro atoms. The Hall–Kier alpha value is -3.45. The van der Waals surface area contributed by atoms with Gasteiger partial charge in [-0.25, -0.2) is 4.79 Å². The number of imide groups is 2. The highest BCUT2D eigenvalue weighted by molar-refractivity contribution is 7.17. The molecule has 172 valence electrons. The minimum atomic E-state index is -0.610. The number of hydrogen-bond donors (Lipinski definition) is 0. The average Bonchev–Trinajstić information content (AvgIpc) is 3.25. The van der Waals surface area contributed by atoms with Crippen LogP contribution in [0.5, 0.6) is 0 Å². The molecular weight excluding hydrogens is 446 g/mol. The van der Waals surface area contributed by atoms with Crippen molar-refractivity contribution < 1.29 is 14.4 Å². The number of benzene rings is 1. The quantitative estimate of drug-likeness (QED) is 0.423. The fourth-order valence-electron chi connectivity index (χ4n) is 5.63. The molecule has 0 saturated carbocycles. The molecule has 1 aliphatic carbocycles. The lowest BCUT2D eigenvalue weighted by Gasteiger charge is -2.44. The number of likely N-dealkylation sites (N-methyl/N-ethyl adjacent to an activating group) is 2. The topological polar surface area (TPSA) is 60.9 Å². The van der Waals surface area contributed by atoms with Crippen molar-refractivity contribution in [3.63, 3.8) is 0 Å². The number of hydrogen-bond acceptors (Lipinski definition) is 5. The number of anilines is 2. The van der Waals surface area contributed by atoms with E-state index in [-0.39, 0.29) is 11.5 Å². The molecule has 1 aromatic heterocycles. The first-order valence-corrected chi connectivity index (χ1v) is 12.4. The van der Waals surface area contributed by atoms with Crippen LogP contribution in [-0.2, 0) is 16.0 Å². The molecule has 0 N–H and O–H groups in total. The maximum Gasteiger partial charge on any atom is 0.333 e. The highest BCUT2D eigenvalue weighted by Crippen LogP contribution is 2.56. The maximum absolute atomic E-state index is 12.7. The third-order valence-electron chi connectivity index (χ3n) is 7.36. The van der Waals surface area contributed by atoms with E-state index in [1.54, 1.807) is 17.4 Å². The number of carbonyl (C=O) groups excluding carboxylic acids is 3. The standard InChI is InChI=1S/C27H25N3O3S/c1-14-9-17-11-16-7-5-6-8-22(16)30-23(17)19(10-14)15(2)20-12-18(34-26(20)30)13-21-24(31)28(3)27(33)29(4)25(21)32/h5-9,12-15H,10-11H2,1-4H3. The summed E-state index contributed by atoms with van der Waals surface area (Å²) in [4.78, 5) is 42.8. The number of thiophene rings is 1. The molecule has 6 rings (SSSR count). The van der Waals surface area contributed by atoms with E-state index < -0.39 is 17.8 Å². The fraction of sp³-hybridized carbons (Fsp3) is 0.296. The van der Waals surface area contributed by atoms with E-state index >= 15 is 0 Å². The summed E-state index contributed by atoms with van der Waals surface area (Å²) in [5.74, 6) is -0.378. The van der Waals surface area contributed by atoms with Crippen LogP contribution in [0.1, 0.15) is 42.2 Å². The van der Waals surface area contributed by atoms with Crippen molar-refractivity contribution in [3.05, 3.63) is 74.8 Å². The van der Waals surface area contributed by atoms with Crippen LogP contribution < -0.4 is 4.90 Å². The summed E-state index contributed by atoms with van der Waals surface area (Å²) in [5.41, 5.74) is 7.91. The number of rotatable bonds is 1. The summed E-state index contributed by atoms with van der Waals surface area (Å²) in [6.45, 7) is 4.54. The molecule has 2 atom stereocenters. The summed E-state index contributed by atoms with van der Waals surface area (Å²) in [6.07, 6.45) is 6.03. The normalized spacial score (nSPS) is 23.6. The van der Waals surface area contributed by atoms with Crippen LogP contribution in [0.25, 0.3) is 6.08 Å². The molecule has 4 aliphatic rings. The Balaban J connectivity index is 1.51. The molecule has 7 heteroatoms. The predicted octanol–water partition coefficient (Wildman–Crippen LogP) is 5.21. The number of nitrogens with zero attached hydrogens (tertiary/aromatic N) is 3. The van der Waals surface area contributed by atoms with Crippen molar-refractivity contribution >= 4 is 45.9 Å². The van der Waals surface area contributed by atoms with Gasteiger partial charge in [0.2, 0.25) is 0 Å². The molecule has 1 fully saturated rings. The molecule has 4 heterocycles. The van der Waals surface area contributed by atoms with Gasteiger partial charge >= 0.3 is 6.03 Å². The van der Waals surface area contributed by atoms with Crippen LogP contribution in [0, 0.1) is 5.92 Å². The van der Waals surface area contributed by atoms with Gasteiger partial charge in [0.25, 0.3) is 11.8 Å². The number of barbiturate groups is 1. The summed E-state index contributed by atoms with van der Waals surface area (Å²) >= 11 is 1.59. The van der Waals surface area contributed by atoms with E-state index in [0.29, 0.717) is 5.92 Å². The minimum absolute atomic E-state index is 0.0156. The molecule has 3 aliphatic heterocycles. The Labute approximate surface area is 202 Å². The molecule has 34 heavy (non-hydrogen) atoms. The first-order valence-electron chi connectivity index (χ1n) is 11.5. The average molecular weight is 472 g/mol. The van der Waals surface area contributed by atoms with Crippen LogP contribution in [0.4, 0.5) is 15.5 Å². The van der Waals surface area contributed by atoms with Gasteiger partial charge in [-0.05, 0) is 52.8 Å². The summed E-state index contributed by atoms with van der Waals surface area (Å²) in [6, 6.07) is 10.0. The Morgan fingerprint density at radius 3 is 2.47 bits per heavy atom. The summed E-state index contributed by atoms with van der Waals surface area (Å²) in [7, 11) is 2.81. The van der Waals surface area contributed by atoms with Crippen molar-refractivity contribution in [2.24, 2.45) is 5.92 Å². The number of allylic oxidation sites excluding steroid dienone is 3. The molecule has 2 aromatic rings. The number of carbonyl (C=O) groups is 3. The first-order chi connectivity index (χ1) is 16.3. The zero-order chi connectivity index (χ0) is 23.9. The zero-order valence-electron chi connectivity index (χ0n) is 19.6. The largest absolute Gasteiger partial charge is 0.333 e. The SMILES string of the molecule is CC1C=C2Cc3ccccc3N3C2=C(C1)C(C)c1cc(C=C2C(=O)N(C)C(=O)N(C)C2=O)sc13. The van der Waals surface area contributed by atoms with Gasteiger partial charge in [-0.1, -0.05) is 38.1 Å². The third kappa shape index (κ3) is 2.83. The van der Waals surface area contributed by atoms with Crippen molar-refractivity contribution in [3.8, 4) is 0 Å². The molecule has 0 bridgehead atoms. The zero-order valence-corrected chi connectivity index (χ0v) is 20.4. The lowest BCUT2D eigenvalue weighted by molar-refractivity contribution is -0.134. The Morgan fingerprint density at radius 2 is 1.74 bits per heavy atom. The monoisotopic (exact) mass is 471 g/mol. The van der Waals surface area contributed by atoms with Crippen molar-refractivity contribution in [2.45, 2.75) is 32.6 Å². The predicted molar refractivity (Wildman–Crippen MR) is 133 cm³/mol. The van der Waals surface area contributed by atoms with Crippen LogP contribution in [-0.4, -0.2) is 41.7 Å². The van der Waals surface area contributed by atoms with Crippen molar-refractivity contribution in [1.82, 2.24) is 9.80 Å². The lowest BCUT2D eigenvalue weighted by atomic mass is 9.75. The second-order valence-corrected chi connectivity index (χ2v) is 10.7. The van der Waals surface area contributed by atoms with Gasteiger partial charge in [0.15, 0.2) is 0 Å². The van der Waals surface area contributed by atoms with E-state index in [2.05, 4.69) is 55.2 Å². The van der Waals surface area contributed by atoms with Crippen LogP contribution in [0.15, 0.2) is 58.8 Å². The third-order valence-corrected chi connectivity index (χ3v) is 8.44. The van der Waals surface area contributed by atoms with Gasteiger partial charge in [-0.2, -0.15) is 0 Å². The van der Waals surface area contributed by atoms with Gasteiger partial charge in [0.05, 0.1) is 5.69 Å². The molecule has 2 unspecified atom stereocenters. The Kier molecular flexibility index (Phi) is 4.51. The number of urea groups is 1. The van der Waals surface area contributed by atoms with Gasteiger partial charge in [0, 0.05) is 37.0 Å². The maximum atomic E-state index is 12.7. The second kappa shape index (κ2) is 7.27. The van der Waals surface area contributed by atoms with Crippen molar-refractivity contribution in [1.29, 1.82) is 0 Å². The van der Waals surface area contributed by atoms with E-state index in [9.17, 15) is 14.4 Å². The Morgan fingerprint density at radius 1 is 1.03 bits per heavy atom. The molecule has 4 amide bonds. The molecule has 1 aromatic carbocycles. The van der Waals surface area contributed by atoms with E-state index in [1.165, 1.54) is 47.8 Å². The highest BCUT2D eigenvalue weighted by atomic mass is 32.1. The van der Waals surface area contributed by atoms with Gasteiger partial charge in [0.1, 0.15) is 10.6 Å². The fourth-order valence-corrected chi connectivity index (χ4v) is 6.85. The van der Waals surface area contributed by atoms with Gasteiger partial charge < -0.3 is 4.90 Å². The minimum Gasteiger partial charge on any atom is -0.301 e. The second-order valence-electron chi connectivity index (χ2n) is 9.59. The summed E-state index contributed by atoms with van der Waals surface area (Å²) < 4.78 is 0. The molecule has 6 nitrogen and oxygen atoms in total. The lowest BCUT2D eigenvalue weighted by Crippen LogP contribution is -2.52. The van der Waals surface area contributed by atoms with Crippen LogP contribution in [0.2, 0.25) is 0 Å². The number of fused-ring (bicyclic) bond motifs is 4.